The summed E-state index contributed by atoms with van der Waals surface area (Å²) in [6.45, 7) is 7.09. The molecular formula is C49H37FN4O3Pt. The van der Waals surface area contributed by atoms with Gasteiger partial charge in [0.2, 0.25) is 0 Å². The minimum absolute atomic E-state index is 0. The molecule has 0 saturated heterocycles. The molecule has 0 N–H and O–H groups in total. The maximum atomic E-state index is 14.4. The van der Waals surface area contributed by atoms with Crippen molar-refractivity contribution < 1.29 is 39.7 Å². The average Bonchev–Trinajstić information content (AvgIpc) is 3.86. The Bertz CT molecular complexity index is 2820. The van der Waals surface area contributed by atoms with E-state index >= 15 is 0 Å². The first-order chi connectivity index (χ1) is 27.9. The molecule has 0 spiro atoms. The molecule has 9 aromatic rings. The van der Waals surface area contributed by atoms with E-state index in [0.717, 1.165) is 72.2 Å². The maximum absolute atomic E-state index is 14.4. The third kappa shape index (κ3) is 7.51. The second kappa shape index (κ2) is 16.5. The van der Waals surface area contributed by atoms with Crippen molar-refractivity contribution in [3.05, 3.63) is 192 Å². The van der Waals surface area contributed by atoms with E-state index in [9.17, 15) is 4.39 Å². The Hall–Kier alpha value is -6.50. The van der Waals surface area contributed by atoms with Crippen molar-refractivity contribution in [2.24, 2.45) is 0 Å². The molecule has 0 aliphatic carbocycles. The standard InChI is InChI=1S/C49H37FN4O3.Pt/c1-32-33(2)48(55-30-35-13-6-4-7-14-35)47(49(34(32)3)56-31-36-15-8-5-9-16-36)37-28-52-53(29-37)39-17-12-18-40(26-39)57-41-21-22-43-42-19-10-11-20-44(42)54(45(43)27-41)46-25-38(50)23-24-51-46;/h4-25,28-29H,30-31H2,1-3H3;/q-2;+2. The zero-order chi connectivity index (χ0) is 38.9. The Balaban J connectivity index is 0.00000469. The number of ether oxygens (including phenoxy) is 3. The van der Waals surface area contributed by atoms with Crippen LogP contribution >= 0.6 is 0 Å². The van der Waals surface area contributed by atoms with Gasteiger partial charge < -0.3 is 18.8 Å². The number of halogens is 1. The Labute approximate surface area is 350 Å². The second-order valence-electron chi connectivity index (χ2n) is 13.9. The van der Waals surface area contributed by atoms with Gasteiger partial charge in [-0.2, -0.15) is 17.2 Å². The van der Waals surface area contributed by atoms with Gasteiger partial charge in [-0.3, -0.25) is 4.68 Å². The molecule has 3 aromatic heterocycles. The summed E-state index contributed by atoms with van der Waals surface area (Å²) in [6, 6.07) is 47.3. The third-order valence-electron chi connectivity index (χ3n) is 10.3. The van der Waals surface area contributed by atoms with Crippen LogP contribution in [0.2, 0.25) is 0 Å². The molecule has 0 unspecified atom stereocenters. The molecule has 0 radical (unpaired) electrons. The number of pyridine rings is 1. The van der Waals surface area contributed by atoms with Gasteiger partial charge in [0.1, 0.15) is 36.3 Å². The third-order valence-corrected chi connectivity index (χ3v) is 10.3. The molecule has 0 saturated carbocycles. The molecule has 288 valence electrons. The molecule has 0 aliphatic heterocycles. The Morgan fingerprint density at radius 1 is 0.655 bits per heavy atom. The van der Waals surface area contributed by atoms with Gasteiger partial charge in [-0.05, 0) is 71.8 Å². The number of benzene rings is 6. The molecule has 9 heteroatoms. The Kier molecular flexibility index (Phi) is 10.9. The summed E-state index contributed by atoms with van der Waals surface area (Å²) in [4.78, 5) is 4.47. The monoisotopic (exact) mass is 943 g/mol. The first kappa shape index (κ1) is 38.4. The molecular weight excluding hydrogens is 907 g/mol. The molecule has 58 heavy (non-hydrogen) atoms. The van der Waals surface area contributed by atoms with Crippen LogP contribution in [0.1, 0.15) is 27.8 Å². The topological polar surface area (TPSA) is 63.3 Å². The van der Waals surface area contributed by atoms with E-state index in [1.54, 1.807) is 4.68 Å². The van der Waals surface area contributed by atoms with Crippen LogP contribution in [-0.4, -0.2) is 19.3 Å². The number of fused-ring (bicyclic) bond motifs is 3. The van der Waals surface area contributed by atoms with Gasteiger partial charge in [-0.15, -0.1) is 35.7 Å². The van der Waals surface area contributed by atoms with Crippen LogP contribution in [0.4, 0.5) is 4.39 Å². The van der Waals surface area contributed by atoms with Crippen LogP contribution in [0.5, 0.6) is 23.0 Å². The van der Waals surface area contributed by atoms with Gasteiger partial charge in [0.15, 0.2) is 0 Å². The summed E-state index contributed by atoms with van der Waals surface area (Å²) in [5.41, 5.74) is 9.30. The van der Waals surface area contributed by atoms with Gasteiger partial charge in [0.05, 0.1) is 11.8 Å². The quantitative estimate of drug-likeness (QED) is 0.121. The first-order valence-corrected chi connectivity index (χ1v) is 18.7. The van der Waals surface area contributed by atoms with Crippen LogP contribution in [-0.2, 0) is 34.3 Å². The smallest absolute Gasteiger partial charge is 0.509 e. The Morgan fingerprint density at radius 2 is 1.31 bits per heavy atom. The predicted molar refractivity (Wildman–Crippen MR) is 221 cm³/mol. The van der Waals surface area contributed by atoms with Crippen molar-refractivity contribution >= 4 is 21.8 Å². The largest absolute Gasteiger partial charge is 2.00 e. The molecule has 9 rings (SSSR count). The molecule has 0 aliphatic rings. The van der Waals surface area contributed by atoms with E-state index < -0.39 is 0 Å². The van der Waals surface area contributed by atoms with Crippen LogP contribution < -0.4 is 14.2 Å². The molecule has 7 nitrogen and oxygen atoms in total. The fraction of sp³-hybridized carbons (Fsp3) is 0.102. The van der Waals surface area contributed by atoms with E-state index in [-0.39, 0.29) is 26.9 Å². The molecule has 0 bridgehead atoms. The zero-order valence-corrected chi connectivity index (χ0v) is 34.3. The fourth-order valence-electron chi connectivity index (χ4n) is 7.20. The van der Waals surface area contributed by atoms with E-state index in [1.807, 2.05) is 108 Å². The van der Waals surface area contributed by atoms with Crippen molar-refractivity contribution in [3.63, 3.8) is 0 Å². The zero-order valence-electron chi connectivity index (χ0n) is 32.0. The number of nitrogens with zero attached hydrogens (tertiary/aromatic N) is 4. The van der Waals surface area contributed by atoms with Gasteiger partial charge in [-0.1, -0.05) is 84.4 Å². The van der Waals surface area contributed by atoms with Crippen LogP contribution in [0.15, 0.2) is 146 Å². The van der Waals surface area contributed by atoms with Crippen molar-refractivity contribution in [1.29, 1.82) is 0 Å². The molecule has 3 heterocycles. The number of aromatic nitrogens is 4. The maximum Gasteiger partial charge on any atom is 2.00 e. The van der Waals surface area contributed by atoms with E-state index in [1.165, 1.54) is 18.3 Å². The number of para-hydroxylation sites is 1. The average molecular weight is 944 g/mol. The van der Waals surface area contributed by atoms with Crippen molar-refractivity contribution in [3.8, 4) is 45.6 Å². The number of hydrogen-bond donors (Lipinski definition) is 0. The SMILES string of the molecule is Cc1c(C)c(OCc2ccccc2)c(-c2cnn(-c3[c-]c(Oc4[c-]c5c(cc4)c4ccccc4n5-c4cc(F)ccn4)ccc3)c2)c(OCc2ccccc2)c1C.[Pt+2]. The molecule has 0 fully saturated rings. The second-order valence-corrected chi connectivity index (χ2v) is 13.9. The summed E-state index contributed by atoms with van der Waals surface area (Å²) in [5.74, 6) is 2.55. The number of rotatable bonds is 11. The minimum atomic E-state index is -0.369. The van der Waals surface area contributed by atoms with Crippen LogP contribution in [0, 0.1) is 38.7 Å². The fourth-order valence-corrected chi connectivity index (χ4v) is 7.20. The van der Waals surface area contributed by atoms with Crippen molar-refractivity contribution in [2.45, 2.75) is 34.0 Å². The van der Waals surface area contributed by atoms with Crippen molar-refractivity contribution in [2.75, 3.05) is 0 Å². The first-order valence-electron chi connectivity index (χ1n) is 18.7. The summed E-state index contributed by atoms with van der Waals surface area (Å²) >= 11 is 0. The molecule has 0 atom stereocenters. The van der Waals surface area contributed by atoms with Gasteiger partial charge in [0.25, 0.3) is 0 Å². The van der Waals surface area contributed by atoms with Crippen LogP contribution in [0.3, 0.4) is 0 Å². The van der Waals surface area contributed by atoms with E-state index in [0.29, 0.717) is 36.2 Å². The summed E-state index contributed by atoms with van der Waals surface area (Å²) in [5, 5.41) is 6.75. The van der Waals surface area contributed by atoms with Crippen molar-refractivity contribution in [1.82, 2.24) is 19.3 Å². The van der Waals surface area contributed by atoms with E-state index in [2.05, 4.69) is 62.2 Å². The van der Waals surface area contributed by atoms with Gasteiger partial charge in [-0.25, -0.2) is 9.37 Å². The molecule has 0 amide bonds. The summed E-state index contributed by atoms with van der Waals surface area (Å²) in [6.07, 6.45) is 5.26. The van der Waals surface area contributed by atoms with E-state index in [4.69, 9.17) is 19.3 Å². The van der Waals surface area contributed by atoms with Gasteiger partial charge in [0, 0.05) is 41.0 Å². The number of hydrogen-bond acceptors (Lipinski definition) is 5. The Morgan fingerprint density at radius 3 is 2.00 bits per heavy atom. The summed E-state index contributed by atoms with van der Waals surface area (Å²) in [7, 11) is 0. The predicted octanol–water partition coefficient (Wildman–Crippen LogP) is 11.6. The summed E-state index contributed by atoms with van der Waals surface area (Å²) < 4.78 is 37.7. The minimum Gasteiger partial charge on any atom is -0.509 e. The molecule has 6 aromatic carbocycles. The van der Waals surface area contributed by atoms with Gasteiger partial charge >= 0.3 is 21.1 Å². The van der Waals surface area contributed by atoms with Crippen LogP contribution in [0.25, 0.3) is 44.4 Å². The normalized spacial score (nSPS) is 11.1.